The topological polar surface area (TPSA) is 126 Å². The minimum atomic E-state index is -0.800. The molecule has 224 valence electrons. The highest BCUT2D eigenvalue weighted by atomic mass is 16.5. The number of amides is 2. The van der Waals surface area contributed by atoms with Crippen molar-refractivity contribution in [2.45, 2.75) is 12.5 Å². The highest BCUT2D eigenvalue weighted by Gasteiger charge is 2.25. The fourth-order valence-corrected chi connectivity index (χ4v) is 5.04. The van der Waals surface area contributed by atoms with Crippen molar-refractivity contribution in [1.29, 1.82) is 0 Å². The van der Waals surface area contributed by atoms with Gasteiger partial charge in [-0.15, -0.1) is 0 Å². The number of ether oxygens (including phenoxy) is 2. The zero-order valence-electron chi connectivity index (χ0n) is 24.9. The number of nitrogens with zero attached hydrogens (tertiary/aromatic N) is 5. The first-order valence-electron chi connectivity index (χ1n) is 14.1. The summed E-state index contributed by atoms with van der Waals surface area (Å²) in [7, 11) is 7.04. The highest BCUT2D eigenvalue weighted by molar-refractivity contribution is 6.02. The number of benzene rings is 3. The molecule has 4 aromatic rings. The Morgan fingerprint density at radius 2 is 1.67 bits per heavy atom. The van der Waals surface area contributed by atoms with E-state index in [0.29, 0.717) is 22.6 Å². The van der Waals surface area contributed by atoms with Crippen LogP contribution >= 0.6 is 0 Å². The third kappa shape index (κ3) is 7.12. The second-order valence-electron chi connectivity index (χ2n) is 10.8. The summed E-state index contributed by atoms with van der Waals surface area (Å²) < 4.78 is 11.2. The Kier molecular flexibility index (Phi) is 8.91. The average molecular weight is 584 g/mol. The van der Waals surface area contributed by atoms with Gasteiger partial charge in [-0.1, -0.05) is 12.1 Å². The van der Waals surface area contributed by atoms with E-state index in [1.165, 1.54) is 4.90 Å². The predicted molar refractivity (Wildman–Crippen MR) is 167 cm³/mol. The van der Waals surface area contributed by atoms with E-state index in [4.69, 9.17) is 15.2 Å². The van der Waals surface area contributed by atoms with E-state index in [9.17, 15) is 9.59 Å². The van der Waals surface area contributed by atoms with E-state index in [2.05, 4.69) is 32.1 Å². The standard InChI is InChI=1S/C32H37N7O4/c1-37(2)31(41)28(19-21-6-5-7-25(18-21)43-24-11-9-23(42-4)10-12-24)34-30(40)22-8-13-26-27(20-22)35-32(33)36-29(26)39-16-14-38(3)15-17-39/h5-13,18,20,28H,14-17,19H2,1-4H3,(H,34,40)(H2,33,35,36). The molecule has 1 fully saturated rings. The second kappa shape index (κ2) is 13.0. The number of piperazine rings is 1. The number of anilines is 2. The van der Waals surface area contributed by atoms with Crippen LogP contribution in [0, 0.1) is 0 Å². The molecule has 0 spiro atoms. The monoisotopic (exact) mass is 583 g/mol. The van der Waals surface area contributed by atoms with Crippen LogP contribution in [0.2, 0.25) is 0 Å². The van der Waals surface area contributed by atoms with Crippen molar-refractivity contribution < 1.29 is 19.1 Å². The Morgan fingerprint density at radius 1 is 0.953 bits per heavy atom. The normalized spacial score (nSPS) is 14.3. The molecule has 0 aliphatic carbocycles. The summed E-state index contributed by atoms with van der Waals surface area (Å²) in [5.74, 6) is 2.32. The van der Waals surface area contributed by atoms with Crippen molar-refractivity contribution in [2.75, 3.05) is 65.1 Å². The molecule has 5 rings (SSSR count). The van der Waals surface area contributed by atoms with Crippen LogP contribution in [-0.2, 0) is 11.2 Å². The Labute approximate surface area is 251 Å². The van der Waals surface area contributed by atoms with E-state index in [1.807, 2.05) is 54.6 Å². The summed E-state index contributed by atoms with van der Waals surface area (Å²) in [6.45, 7) is 3.49. The van der Waals surface area contributed by atoms with Crippen LogP contribution in [0.15, 0.2) is 66.7 Å². The molecule has 11 nitrogen and oxygen atoms in total. The van der Waals surface area contributed by atoms with Crippen LogP contribution in [0.1, 0.15) is 15.9 Å². The number of nitrogen functional groups attached to an aromatic ring is 1. The van der Waals surface area contributed by atoms with Gasteiger partial charge in [0.1, 0.15) is 29.1 Å². The zero-order chi connectivity index (χ0) is 30.5. The number of methoxy groups -OCH3 is 1. The van der Waals surface area contributed by atoms with Gasteiger partial charge in [0, 0.05) is 57.6 Å². The quantitative estimate of drug-likeness (QED) is 0.306. The summed E-state index contributed by atoms with van der Waals surface area (Å²) >= 11 is 0. The lowest BCUT2D eigenvalue weighted by molar-refractivity contribution is -0.130. The summed E-state index contributed by atoms with van der Waals surface area (Å²) in [5.41, 5.74) is 7.86. The molecule has 1 aliphatic heterocycles. The first kappa shape index (κ1) is 29.6. The maximum atomic E-state index is 13.5. The van der Waals surface area contributed by atoms with E-state index in [1.54, 1.807) is 33.3 Å². The molecule has 3 N–H and O–H groups in total. The van der Waals surface area contributed by atoms with Gasteiger partial charge in [0.15, 0.2) is 0 Å². The summed E-state index contributed by atoms with van der Waals surface area (Å²) in [5, 5.41) is 3.76. The predicted octanol–water partition coefficient (Wildman–Crippen LogP) is 3.19. The van der Waals surface area contributed by atoms with Gasteiger partial charge in [-0.25, -0.2) is 4.98 Å². The molecule has 0 radical (unpaired) electrons. The number of hydrogen-bond acceptors (Lipinski definition) is 9. The number of carbonyl (C=O) groups excluding carboxylic acids is 2. The van der Waals surface area contributed by atoms with Crippen molar-refractivity contribution >= 4 is 34.5 Å². The molecular formula is C32H37N7O4. The van der Waals surface area contributed by atoms with Crippen LogP contribution in [0.4, 0.5) is 11.8 Å². The van der Waals surface area contributed by atoms with Crippen LogP contribution < -0.4 is 25.4 Å². The lowest BCUT2D eigenvalue weighted by Crippen LogP contribution is -2.47. The Bertz CT molecular complexity index is 1600. The van der Waals surface area contributed by atoms with E-state index in [0.717, 1.165) is 48.7 Å². The highest BCUT2D eigenvalue weighted by Crippen LogP contribution is 2.27. The number of carbonyl (C=O) groups is 2. The van der Waals surface area contributed by atoms with Gasteiger partial charge in [-0.05, 0) is 67.2 Å². The maximum Gasteiger partial charge on any atom is 0.252 e. The third-order valence-corrected chi connectivity index (χ3v) is 7.44. The fourth-order valence-electron chi connectivity index (χ4n) is 5.04. The molecule has 1 aliphatic rings. The molecule has 1 saturated heterocycles. The summed E-state index contributed by atoms with van der Waals surface area (Å²) in [4.78, 5) is 41.5. The number of rotatable bonds is 9. The molecule has 43 heavy (non-hydrogen) atoms. The lowest BCUT2D eigenvalue weighted by atomic mass is 10.0. The van der Waals surface area contributed by atoms with Crippen LogP contribution in [-0.4, -0.2) is 92.1 Å². The minimum absolute atomic E-state index is 0.149. The fraction of sp³-hybridized carbons (Fsp3) is 0.312. The first-order chi connectivity index (χ1) is 20.7. The number of hydrogen-bond donors (Lipinski definition) is 2. The number of nitrogens with one attached hydrogen (secondary N) is 1. The molecule has 0 bridgehead atoms. The molecule has 2 heterocycles. The maximum absolute atomic E-state index is 13.5. The molecule has 1 atom stereocenters. The van der Waals surface area contributed by atoms with E-state index in [-0.39, 0.29) is 24.2 Å². The largest absolute Gasteiger partial charge is 0.497 e. The third-order valence-electron chi connectivity index (χ3n) is 7.44. The number of nitrogens with two attached hydrogens (primary N) is 1. The number of aromatic nitrogens is 2. The molecule has 3 aromatic carbocycles. The SMILES string of the molecule is COc1ccc(Oc2cccc(CC(NC(=O)c3ccc4c(N5CCN(C)CC5)nc(N)nc4c3)C(=O)N(C)C)c2)cc1. The smallest absolute Gasteiger partial charge is 0.252 e. The van der Waals surface area contributed by atoms with Gasteiger partial charge in [-0.3, -0.25) is 9.59 Å². The molecule has 0 saturated carbocycles. The summed E-state index contributed by atoms with van der Waals surface area (Å²) in [6.07, 6.45) is 0.277. The van der Waals surface area contributed by atoms with Crippen molar-refractivity contribution in [1.82, 2.24) is 25.1 Å². The molecular weight excluding hydrogens is 546 g/mol. The summed E-state index contributed by atoms with van der Waals surface area (Å²) in [6, 6.07) is 19.2. The van der Waals surface area contributed by atoms with E-state index < -0.39 is 6.04 Å². The molecule has 2 amide bonds. The van der Waals surface area contributed by atoms with Crippen molar-refractivity contribution in [3.63, 3.8) is 0 Å². The Hall–Kier alpha value is -4.90. The van der Waals surface area contributed by atoms with Gasteiger partial charge >= 0.3 is 0 Å². The van der Waals surface area contributed by atoms with Crippen molar-refractivity contribution in [3.05, 3.63) is 77.9 Å². The van der Waals surface area contributed by atoms with Crippen molar-refractivity contribution in [2.24, 2.45) is 0 Å². The van der Waals surface area contributed by atoms with Gasteiger partial charge in [-0.2, -0.15) is 4.98 Å². The van der Waals surface area contributed by atoms with Crippen molar-refractivity contribution in [3.8, 4) is 17.2 Å². The van der Waals surface area contributed by atoms with Crippen LogP contribution in [0.5, 0.6) is 17.2 Å². The first-order valence-corrected chi connectivity index (χ1v) is 14.1. The number of fused-ring (bicyclic) bond motifs is 1. The molecule has 1 aromatic heterocycles. The Morgan fingerprint density at radius 3 is 2.37 bits per heavy atom. The van der Waals surface area contributed by atoms with Gasteiger partial charge in [0.25, 0.3) is 5.91 Å². The molecule has 11 heteroatoms. The second-order valence-corrected chi connectivity index (χ2v) is 10.8. The zero-order valence-corrected chi connectivity index (χ0v) is 24.9. The minimum Gasteiger partial charge on any atom is -0.497 e. The van der Waals surface area contributed by atoms with Gasteiger partial charge in [0.05, 0.1) is 12.6 Å². The Balaban J connectivity index is 1.34. The van der Waals surface area contributed by atoms with Gasteiger partial charge < -0.3 is 35.2 Å². The lowest BCUT2D eigenvalue weighted by Gasteiger charge is -2.33. The molecule has 1 unspecified atom stereocenters. The number of likely N-dealkylation sites (N-methyl/N-ethyl adjacent to an activating group) is 2. The average Bonchev–Trinajstić information content (AvgIpc) is 3.00. The van der Waals surface area contributed by atoms with Gasteiger partial charge in [0.2, 0.25) is 11.9 Å². The van der Waals surface area contributed by atoms with Crippen LogP contribution in [0.3, 0.4) is 0 Å². The van der Waals surface area contributed by atoms with E-state index >= 15 is 0 Å². The van der Waals surface area contributed by atoms with Crippen LogP contribution in [0.25, 0.3) is 10.9 Å².